The zero-order valence-electron chi connectivity index (χ0n) is 13.7. The molecule has 0 bridgehead atoms. The first-order chi connectivity index (χ1) is 11.7. The molecule has 1 N–H and O–H groups in total. The number of rotatable bonds is 6. The van der Waals surface area contributed by atoms with Crippen LogP contribution in [0.15, 0.2) is 54.6 Å². The van der Waals surface area contributed by atoms with Gasteiger partial charge in [-0.15, -0.1) is 0 Å². The second-order valence-electron chi connectivity index (χ2n) is 5.65. The number of tetrazole rings is 1. The number of nitrogens with zero attached hydrogens (tertiary/aromatic N) is 4. The van der Waals surface area contributed by atoms with Crippen molar-refractivity contribution in [2.24, 2.45) is 0 Å². The minimum absolute atomic E-state index is 0.576. The zero-order valence-corrected chi connectivity index (χ0v) is 14.5. The van der Waals surface area contributed by atoms with E-state index in [1.165, 1.54) is 10.5 Å². The van der Waals surface area contributed by atoms with E-state index in [9.17, 15) is 0 Å². The minimum atomic E-state index is 0.576. The largest absolute Gasteiger partial charge is 0.497 e. The van der Waals surface area contributed by atoms with Crippen LogP contribution in [0.4, 0.5) is 0 Å². The molecule has 0 aliphatic carbocycles. The molecule has 0 saturated heterocycles. The van der Waals surface area contributed by atoms with Crippen molar-refractivity contribution in [3.05, 3.63) is 64.9 Å². The molecule has 24 heavy (non-hydrogen) atoms. The van der Waals surface area contributed by atoms with Crippen molar-refractivity contribution < 1.29 is 9.64 Å². The summed E-state index contributed by atoms with van der Waals surface area (Å²) < 4.78 is 9.15. The van der Waals surface area contributed by atoms with Crippen LogP contribution < -0.4 is 9.64 Å². The molecule has 0 radical (unpaired) electrons. The molecule has 3 rings (SSSR count). The van der Waals surface area contributed by atoms with Gasteiger partial charge >= 0.3 is 0 Å². The number of hydrogen-bond acceptors (Lipinski definition) is 4. The predicted molar refractivity (Wildman–Crippen MR) is 93.8 cm³/mol. The Morgan fingerprint density at radius 1 is 1.04 bits per heavy atom. The van der Waals surface area contributed by atoms with E-state index in [1.807, 2.05) is 42.5 Å². The summed E-state index contributed by atoms with van der Waals surface area (Å²) >= 11 is 5.51. The second-order valence-corrected chi connectivity index (χ2v) is 6.01. The number of benzene rings is 2. The Labute approximate surface area is 145 Å². The number of quaternary nitrogens is 1. The van der Waals surface area contributed by atoms with Gasteiger partial charge in [0.2, 0.25) is 4.77 Å². The molecule has 1 heterocycles. The topological polar surface area (TPSA) is 49.3 Å². The monoisotopic (exact) mass is 342 g/mol. The van der Waals surface area contributed by atoms with Gasteiger partial charge in [-0.2, -0.15) is 9.36 Å². The van der Waals surface area contributed by atoms with Crippen LogP contribution in [-0.2, 0) is 13.2 Å². The van der Waals surface area contributed by atoms with Crippen molar-refractivity contribution in [1.29, 1.82) is 0 Å². The lowest BCUT2D eigenvalue weighted by molar-refractivity contribution is -0.917. The van der Waals surface area contributed by atoms with Crippen LogP contribution in [0.1, 0.15) is 5.56 Å². The number of aromatic nitrogens is 4. The highest BCUT2D eigenvalue weighted by atomic mass is 32.1. The number of nitrogens with one attached hydrogen (secondary N) is 1. The smallest absolute Gasteiger partial charge is 0.225 e. The Balaban J connectivity index is 1.73. The third kappa shape index (κ3) is 3.69. The Morgan fingerprint density at radius 2 is 1.75 bits per heavy atom. The lowest BCUT2D eigenvalue weighted by atomic mass is 10.2. The van der Waals surface area contributed by atoms with Gasteiger partial charge in [-0.25, -0.2) is 0 Å². The molecule has 0 spiro atoms. The Kier molecular flexibility index (Phi) is 5.02. The highest BCUT2D eigenvalue weighted by molar-refractivity contribution is 7.71. The van der Waals surface area contributed by atoms with Crippen LogP contribution in [0, 0.1) is 4.77 Å². The molecule has 1 atom stereocenters. The van der Waals surface area contributed by atoms with Crippen LogP contribution in [-0.4, -0.2) is 33.9 Å². The maximum atomic E-state index is 5.51. The molecular formula is C17H20N5OS+. The summed E-state index contributed by atoms with van der Waals surface area (Å²) in [6.07, 6.45) is 0. The van der Waals surface area contributed by atoms with Crippen LogP contribution in [0.25, 0.3) is 5.69 Å². The molecule has 124 valence electrons. The molecule has 7 heteroatoms. The molecule has 0 saturated carbocycles. The average molecular weight is 342 g/mol. The quantitative estimate of drug-likeness (QED) is 0.690. The van der Waals surface area contributed by atoms with E-state index in [2.05, 4.69) is 29.6 Å². The molecule has 0 fully saturated rings. The van der Waals surface area contributed by atoms with Crippen LogP contribution in [0.3, 0.4) is 0 Å². The summed E-state index contributed by atoms with van der Waals surface area (Å²) in [5.74, 6) is 0.796. The first kappa shape index (κ1) is 16.4. The van der Waals surface area contributed by atoms with Crippen molar-refractivity contribution in [2.45, 2.75) is 13.2 Å². The molecule has 0 aliphatic rings. The summed E-state index contributed by atoms with van der Waals surface area (Å²) in [4.78, 5) is 1.28. The van der Waals surface area contributed by atoms with E-state index in [0.717, 1.165) is 18.0 Å². The van der Waals surface area contributed by atoms with Gasteiger partial charge in [-0.05, 0) is 46.9 Å². The third-order valence-electron chi connectivity index (χ3n) is 3.72. The van der Waals surface area contributed by atoms with E-state index >= 15 is 0 Å². The molecule has 6 nitrogen and oxygen atoms in total. The number of methoxy groups -OCH3 is 1. The molecule has 1 unspecified atom stereocenters. The van der Waals surface area contributed by atoms with Crippen molar-refractivity contribution in [2.75, 3.05) is 14.2 Å². The lowest BCUT2D eigenvalue weighted by Crippen LogP contribution is -3.07. The van der Waals surface area contributed by atoms with Crippen LogP contribution in [0.2, 0.25) is 0 Å². The fraction of sp³-hybridized carbons (Fsp3) is 0.235. The van der Waals surface area contributed by atoms with Crippen molar-refractivity contribution in [3.63, 3.8) is 0 Å². The Bertz CT molecular complexity index is 841. The fourth-order valence-corrected chi connectivity index (χ4v) is 2.76. The normalized spacial score (nSPS) is 12.1. The molecular weight excluding hydrogens is 322 g/mol. The lowest BCUT2D eigenvalue weighted by Gasteiger charge is -2.13. The second kappa shape index (κ2) is 7.37. The zero-order chi connectivity index (χ0) is 16.9. The standard InChI is InChI=1S/C17H19N5OS/c1-20(12-14-6-4-3-5-7-14)13-21-17(24)22(19-18-21)15-8-10-16(23-2)11-9-15/h3-11H,12-13H2,1-2H3/p+1. The highest BCUT2D eigenvalue weighted by Gasteiger charge is 2.10. The van der Waals surface area contributed by atoms with E-state index in [1.54, 1.807) is 16.5 Å². The third-order valence-corrected chi connectivity index (χ3v) is 4.11. The summed E-state index contributed by atoms with van der Waals surface area (Å²) in [5, 5.41) is 8.36. The van der Waals surface area contributed by atoms with Gasteiger partial charge in [0.05, 0.1) is 19.8 Å². The van der Waals surface area contributed by atoms with Crippen LogP contribution >= 0.6 is 12.2 Å². The van der Waals surface area contributed by atoms with E-state index in [-0.39, 0.29) is 0 Å². The summed E-state index contributed by atoms with van der Waals surface area (Å²) in [6.45, 7) is 1.56. The summed E-state index contributed by atoms with van der Waals surface area (Å²) in [5.41, 5.74) is 2.15. The first-order valence-electron chi connectivity index (χ1n) is 7.70. The van der Waals surface area contributed by atoms with Gasteiger partial charge in [0, 0.05) is 5.56 Å². The van der Waals surface area contributed by atoms with Gasteiger partial charge in [0.1, 0.15) is 12.3 Å². The first-order valence-corrected chi connectivity index (χ1v) is 8.10. The SMILES string of the molecule is COc1ccc(-n2nnn(C[NH+](C)Cc3ccccc3)c2=S)cc1. The van der Waals surface area contributed by atoms with Gasteiger partial charge < -0.3 is 9.64 Å². The van der Waals surface area contributed by atoms with E-state index in [4.69, 9.17) is 17.0 Å². The molecule has 3 aromatic rings. The Hall–Kier alpha value is -2.51. The van der Waals surface area contributed by atoms with E-state index in [0.29, 0.717) is 11.4 Å². The minimum Gasteiger partial charge on any atom is -0.497 e. The molecule has 2 aromatic carbocycles. The molecule has 0 aliphatic heterocycles. The fourth-order valence-electron chi connectivity index (χ4n) is 2.51. The van der Waals surface area contributed by atoms with Crippen molar-refractivity contribution >= 4 is 12.2 Å². The highest BCUT2D eigenvalue weighted by Crippen LogP contribution is 2.14. The van der Waals surface area contributed by atoms with E-state index < -0.39 is 0 Å². The van der Waals surface area contributed by atoms with Gasteiger partial charge in [0.15, 0.2) is 6.67 Å². The van der Waals surface area contributed by atoms with Crippen LogP contribution in [0.5, 0.6) is 5.75 Å². The maximum Gasteiger partial charge on any atom is 0.225 e. The van der Waals surface area contributed by atoms with Crippen molar-refractivity contribution in [1.82, 2.24) is 19.8 Å². The molecule has 1 aromatic heterocycles. The predicted octanol–water partition coefficient (Wildman–Crippen LogP) is 1.48. The number of hydrogen-bond donors (Lipinski definition) is 1. The average Bonchev–Trinajstić information content (AvgIpc) is 2.96. The number of ether oxygens (including phenoxy) is 1. The molecule has 0 amide bonds. The summed E-state index contributed by atoms with van der Waals surface area (Å²) in [6, 6.07) is 17.9. The summed E-state index contributed by atoms with van der Waals surface area (Å²) in [7, 11) is 3.75. The van der Waals surface area contributed by atoms with Gasteiger partial charge in [-0.3, -0.25) is 0 Å². The van der Waals surface area contributed by atoms with Crippen molar-refractivity contribution in [3.8, 4) is 11.4 Å². The Morgan fingerprint density at radius 3 is 2.42 bits per heavy atom. The van der Waals surface area contributed by atoms with Gasteiger partial charge in [0.25, 0.3) is 0 Å². The van der Waals surface area contributed by atoms with Gasteiger partial charge in [-0.1, -0.05) is 30.3 Å². The maximum absolute atomic E-state index is 5.51.